The maximum absolute atomic E-state index is 10.9. The van der Waals surface area contributed by atoms with Gasteiger partial charge in [-0.1, -0.05) is 6.08 Å². The minimum Gasteiger partial charge on any atom is -0.428 e. The zero-order valence-electron chi connectivity index (χ0n) is 6.87. The average Bonchev–Trinajstić information content (AvgIpc) is 1.99. The van der Waals surface area contributed by atoms with E-state index < -0.39 is 0 Å². The van der Waals surface area contributed by atoms with Gasteiger partial charge in [-0.05, 0) is 13.0 Å². The lowest BCUT2D eigenvalue weighted by Gasteiger charge is -1.97. The lowest BCUT2D eigenvalue weighted by molar-refractivity contribution is 0.475. The van der Waals surface area contributed by atoms with Gasteiger partial charge in [-0.25, -0.2) is 4.79 Å². The third-order valence-corrected chi connectivity index (χ3v) is 2.21. The van der Waals surface area contributed by atoms with Crippen molar-refractivity contribution in [3.05, 3.63) is 41.0 Å². The molecule has 1 aromatic heterocycles. The number of hydrogen-bond acceptors (Lipinski definition) is 3. The van der Waals surface area contributed by atoms with Crippen LogP contribution in [0.1, 0.15) is 5.76 Å². The van der Waals surface area contributed by atoms with Crippen LogP contribution in [0.2, 0.25) is 0 Å². The highest BCUT2D eigenvalue weighted by atomic mass is 32.2. The van der Waals surface area contributed by atoms with Crippen LogP contribution < -0.4 is 5.63 Å². The molecule has 0 amide bonds. The van der Waals surface area contributed by atoms with Gasteiger partial charge >= 0.3 is 5.63 Å². The minimum absolute atomic E-state index is 0.290. The quantitative estimate of drug-likeness (QED) is 0.530. The van der Waals surface area contributed by atoms with Crippen LogP contribution in [-0.4, -0.2) is 5.75 Å². The molecular formula is C9H10O2S. The molecule has 1 heterocycles. The van der Waals surface area contributed by atoms with Gasteiger partial charge in [0.1, 0.15) is 5.76 Å². The van der Waals surface area contributed by atoms with Crippen molar-refractivity contribution >= 4 is 11.8 Å². The Morgan fingerprint density at radius 1 is 1.67 bits per heavy atom. The van der Waals surface area contributed by atoms with Crippen LogP contribution in [0.3, 0.4) is 0 Å². The summed E-state index contributed by atoms with van der Waals surface area (Å²) < 4.78 is 4.80. The topological polar surface area (TPSA) is 30.2 Å². The van der Waals surface area contributed by atoms with Crippen molar-refractivity contribution in [3.63, 3.8) is 0 Å². The van der Waals surface area contributed by atoms with Crippen molar-refractivity contribution in [1.29, 1.82) is 0 Å². The van der Waals surface area contributed by atoms with Crippen molar-refractivity contribution in [2.24, 2.45) is 0 Å². The summed E-state index contributed by atoms with van der Waals surface area (Å²) in [6.45, 7) is 5.36. The summed E-state index contributed by atoms with van der Waals surface area (Å²) in [4.78, 5) is 11.8. The van der Waals surface area contributed by atoms with Gasteiger partial charge in [0, 0.05) is 16.7 Å². The van der Waals surface area contributed by atoms with E-state index in [1.54, 1.807) is 24.8 Å². The Hall–Kier alpha value is -0.960. The molecule has 0 radical (unpaired) electrons. The smallest absolute Gasteiger partial charge is 0.336 e. The zero-order valence-corrected chi connectivity index (χ0v) is 7.69. The van der Waals surface area contributed by atoms with Gasteiger partial charge in [0.05, 0.1) is 0 Å². The first kappa shape index (κ1) is 9.13. The predicted molar refractivity (Wildman–Crippen MR) is 50.6 cm³/mol. The van der Waals surface area contributed by atoms with Gasteiger partial charge in [-0.15, -0.1) is 18.3 Å². The summed E-state index contributed by atoms with van der Waals surface area (Å²) in [6.07, 6.45) is 1.80. The Morgan fingerprint density at radius 3 is 3.00 bits per heavy atom. The Morgan fingerprint density at radius 2 is 2.42 bits per heavy atom. The largest absolute Gasteiger partial charge is 0.428 e. The van der Waals surface area contributed by atoms with Crippen LogP contribution in [0, 0.1) is 6.92 Å². The van der Waals surface area contributed by atoms with Crippen LogP contribution >= 0.6 is 11.8 Å². The lowest BCUT2D eigenvalue weighted by atomic mass is 10.4. The number of aryl methyl sites for hydroxylation is 1. The molecule has 3 heteroatoms. The standard InChI is InChI=1S/C9H10O2S/c1-3-4-12-8-5-7(2)11-9(10)6-8/h3,5-6H,1,4H2,2H3. The molecule has 0 N–H and O–H groups in total. The maximum atomic E-state index is 10.9. The summed E-state index contributed by atoms with van der Waals surface area (Å²) in [6, 6.07) is 3.33. The molecule has 2 nitrogen and oxygen atoms in total. The Balaban J connectivity index is 2.85. The molecule has 0 spiro atoms. The molecule has 0 saturated heterocycles. The van der Waals surface area contributed by atoms with Crippen LogP contribution in [-0.2, 0) is 0 Å². The van der Waals surface area contributed by atoms with Gasteiger partial charge in [0.25, 0.3) is 0 Å². The molecule has 0 aromatic carbocycles. The lowest BCUT2D eigenvalue weighted by Crippen LogP contribution is -1.97. The molecule has 0 aliphatic carbocycles. The highest BCUT2D eigenvalue weighted by Gasteiger charge is 1.96. The van der Waals surface area contributed by atoms with E-state index in [-0.39, 0.29) is 5.63 Å². The monoisotopic (exact) mass is 182 g/mol. The molecular weight excluding hydrogens is 172 g/mol. The van der Waals surface area contributed by atoms with E-state index in [9.17, 15) is 4.79 Å². The Kier molecular flexibility index (Phi) is 3.17. The summed E-state index contributed by atoms with van der Waals surface area (Å²) in [5, 5.41) is 0. The molecule has 0 atom stereocenters. The molecule has 0 fully saturated rings. The van der Waals surface area contributed by atoms with Gasteiger partial charge in [-0.3, -0.25) is 0 Å². The van der Waals surface area contributed by atoms with Crippen LogP contribution in [0.5, 0.6) is 0 Å². The third-order valence-electron chi connectivity index (χ3n) is 1.24. The van der Waals surface area contributed by atoms with E-state index in [0.717, 1.165) is 10.6 Å². The number of thioether (sulfide) groups is 1. The molecule has 0 unspecified atom stereocenters. The highest BCUT2D eigenvalue weighted by molar-refractivity contribution is 7.99. The van der Waals surface area contributed by atoms with Gasteiger partial charge in [0.2, 0.25) is 0 Å². The van der Waals surface area contributed by atoms with E-state index in [4.69, 9.17) is 4.42 Å². The Bertz CT molecular complexity index is 328. The maximum Gasteiger partial charge on any atom is 0.336 e. The number of hydrogen-bond donors (Lipinski definition) is 0. The van der Waals surface area contributed by atoms with Crippen LogP contribution in [0.25, 0.3) is 0 Å². The first-order chi connectivity index (χ1) is 5.72. The second kappa shape index (κ2) is 4.16. The van der Waals surface area contributed by atoms with Crippen molar-refractivity contribution < 1.29 is 4.42 Å². The molecule has 0 bridgehead atoms. The van der Waals surface area contributed by atoms with E-state index in [0.29, 0.717) is 5.76 Å². The van der Waals surface area contributed by atoms with Gasteiger partial charge in [-0.2, -0.15) is 0 Å². The van der Waals surface area contributed by atoms with Crippen LogP contribution in [0.15, 0.2) is 38.9 Å². The zero-order chi connectivity index (χ0) is 8.97. The molecule has 1 aromatic rings. The van der Waals surface area contributed by atoms with E-state index in [2.05, 4.69) is 6.58 Å². The predicted octanol–water partition coefficient (Wildman–Crippen LogP) is 2.23. The fourth-order valence-electron chi connectivity index (χ4n) is 0.814. The van der Waals surface area contributed by atoms with Crippen molar-refractivity contribution in [1.82, 2.24) is 0 Å². The summed E-state index contributed by atoms with van der Waals surface area (Å²) in [5.41, 5.74) is -0.290. The van der Waals surface area contributed by atoms with Crippen LogP contribution in [0.4, 0.5) is 0 Å². The van der Waals surface area contributed by atoms with Crippen molar-refractivity contribution in [2.75, 3.05) is 5.75 Å². The second-order valence-electron chi connectivity index (χ2n) is 2.32. The Labute approximate surface area is 75.3 Å². The van der Waals surface area contributed by atoms with Crippen molar-refractivity contribution in [2.45, 2.75) is 11.8 Å². The summed E-state index contributed by atoms with van der Waals surface area (Å²) in [7, 11) is 0. The average molecular weight is 182 g/mol. The third kappa shape index (κ3) is 2.58. The highest BCUT2D eigenvalue weighted by Crippen LogP contribution is 2.16. The van der Waals surface area contributed by atoms with E-state index >= 15 is 0 Å². The molecule has 0 aliphatic rings. The van der Waals surface area contributed by atoms with Gasteiger partial charge in [0.15, 0.2) is 0 Å². The van der Waals surface area contributed by atoms with E-state index in [1.807, 2.05) is 6.07 Å². The number of rotatable bonds is 3. The molecule has 12 heavy (non-hydrogen) atoms. The first-order valence-corrected chi connectivity index (χ1v) is 4.56. The van der Waals surface area contributed by atoms with E-state index in [1.165, 1.54) is 6.07 Å². The molecule has 0 saturated carbocycles. The molecule has 64 valence electrons. The second-order valence-corrected chi connectivity index (χ2v) is 3.42. The summed E-state index contributed by atoms with van der Waals surface area (Å²) >= 11 is 1.57. The normalized spacial score (nSPS) is 9.75. The summed E-state index contributed by atoms with van der Waals surface area (Å²) in [5.74, 6) is 1.46. The fraction of sp³-hybridized carbons (Fsp3) is 0.222. The molecule has 0 aliphatic heterocycles. The minimum atomic E-state index is -0.290. The SMILES string of the molecule is C=CCSc1cc(C)oc(=O)c1. The molecule has 1 rings (SSSR count). The first-order valence-electron chi connectivity index (χ1n) is 3.58. The fourth-order valence-corrected chi connectivity index (χ4v) is 1.55. The van der Waals surface area contributed by atoms with Gasteiger partial charge < -0.3 is 4.42 Å². The van der Waals surface area contributed by atoms with Crippen molar-refractivity contribution in [3.8, 4) is 0 Å².